The van der Waals surface area contributed by atoms with Gasteiger partial charge >= 0.3 is 11.9 Å². The van der Waals surface area contributed by atoms with Crippen LogP contribution in [0.1, 0.15) is 23.7 Å². The minimum Gasteiger partial charge on any atom is -0.488 e. The van der Waals surface area contributed by atoms with E-state index >= 15 is 0 Å². The van der Waals surface area contributed by atoms with Crippen LogP contribution < -0.4 is 10.5 Å². The van der Waals surface area contributed by atoms with E-state index < -0.39 is 36.1 Å². The average molecular weight is 445 g/mol. The number of ether oxygens (including phenoxy) is 1. The number of carboxylic acids is 2. The smallest absolute Gasteiger partial charge is 0.333 e. The number of aromatic amines is 1. The first-order valence-corrected chi connectivity index (χ1v) is 9.27. The number of H-pyrrole nitrogens is 1. The zero-order valence-electron chi connectivity index (χ0n) is 15.7. The molecule has 9 nitrogen and oxygen atoms in total. The van der Waals surface area contributed by atoms with Gasteiger partial charge in [0.2, 0.25) is 0 Å². The van der Waals surface area contributed by atoms with Crippen LogP contribution in [-0.2, 0) is 22.4 Å². The van der Waals surface area contributed by atoms with Gasteiger partial charge in [0.1, 0.15) is 12.4 Å². The molecule has 0 radical (unpaired) electrons. The molecule has 0 saturated carbocycles. The number of carbonyl (C=O) groups is 2. The first-order chi connectivity index (χ1) is 14.1. The Morgan fingerprint density at radius 2 is 2.07 bits per heavy atom. The molecule has 0 bridgehead atoms. The van der Waals surface area contributed by atoms with E-state index in [1.54, 1.807) is 0 Å². The van der Waals surface area contributed by atoms with Gasteiger partial charge in [-0.05, 0) is 24.8 Å². The largest absolute Gasteiger partial charge is 0.488 e. The number of imidazole rings is 1. The van der Waals surface area contributed by atoms with Gasteiger partial charge in [0.05, 0.1) is 12.5 Å². The number of rotatable bonds is 6. The summed E-state index contributed by atoms with van der Waals surface area (Å²) in [6, 6.07) is 2.05. The fourth-order valence-corrected chi connectivity index (χ4v) is 3.32. The Bertz CT molecular complexity index is 977. The predicted octanol–water partition coefficient (Wildman–Crippen LogP) is 1.41. The zero-order valence-corrected chi connectivity index (χ0v) is 16.5. The molecule has 12 heteroatoms. The standard InChI is InChI=1S/C14H15F2N3OS.C4H6O5/c15-9-3-8-4-11(7-20-13(8)12(16)5-9)19-10(1-2-17)6-18-14(19)21;5-2(4(8)9)1-3(6)7/h3,5-6,11H,1-2,4,7,17H2,(H,18,21);2,5H,1H2,(H,6,7)(H,8,9). The second-order valence-electron chi connectivity index (χ2n) is 6.49. The van der Waals surface area contributed by atoms with Gasteiger partial charge in [0, 0.05) is 36.4 Å². The summed E-state index contributed by atoms with van der Waals surface area (Å²) in [5.74, 6) is -3.98. The van der Waals surface area contributed by atoms with Crippen molar-refractivity contribution in [1.82, 2.24) is 9.55 Å². The highest BCUT2D eigenvalue weighted by molar-refractivity contribution is 7.71. The van der Waals surface area contributed by atoms with Crippen molar-refractivity contribution in [2.75, 3.05) is 13.2 Å². The fraction of sp³-hybridized carbons (Fsp3) is 0.389. The fourth-order valence-electron chi connectivity index (χ4n) is 2.99. The number of aliphatic hydroxyl groups excluding tert-OH is 1. The lowest BCUT2D eigenvalue weighted by atomic mass is 10.0. The molecule has 0 fully saturated rings. The third-order valence-electron chi connectivity index (χ3n) is 4.27. The number of aliphatic carboxylic acids is 2. The molecule has 6 N–H and O–H groups in total. The highest BCUT2D eigenvalue weighted by atomic mass is 32.1. The lowest BCUT2D eigenvalue weighted by Gasteiger charge is -2.27. The Morgan fingerprint density at radius 1 is 1.37 bits per heavy atom. The Labute approximate surface area is 174 Å². The first kappa shape index (κ1) is 23.4. The number of hydrogen-bond acceptors (Lipinski definition) is 6. The van der Waals surface area contributed by atoms with Crippen LogP contribution in [-0.4, -0.2) is 56.1 Å². The van der Waals surface area contributed by atoms with Crippen LogP contribution in [0.25, 0.3) is 0 Å². The van der Waals surface area contributed by atoms with Crippen LogP contribution >= 0.6 is 12.2 Å². The second kappa shape index (κ2) is 10.3. The molecule has 2 heterocycles. The van der Waals surface area contributed by atoms with E-state index in [4.69, 9.17) is 38.0 Å². The van der Waals surface area contributed by atoms with Crippen molar-refractivity contribution in [1.29, 1.82) is 0 Å². The van der Waals surface area contributed by atoms with Crippen molar-refractivity contribution >= 4 is 24.2 Å². The van der Waals surface area contributed by atoms with Gasteiger partial charge in [-0.3, -0.25) is 4.79 Å². The van der Waals surface area contributed by atoms with Crippen LogP contribution in [0.4, 0.5) is 8.78 Å². The summed E-state index contributed by atoms with van der Waals surface area (Å²) in [6.07, 6.45) is 0.413. The zero-order chi connectivity index (χ0) is 22.4. The Hall–Kier alpha value is -2.83. The molecule has 2 aromatic rings. The maximum absolute atomic E-state index is 13.7. The average Bonchev–Trinajstić information content (AvgIpc) is 3.01. The number of nitrogens with two attached hydrogens (primary N) is 1. The summed E-state index contributed by atoms with van der Waals surface area (Å²) in [7, 11) is 0. The molecule has 2 atom stereocenters. The molecular weight excluding hydrogens is 424 g/mol. The van der Waals surface area contributed by atoms with Gasteiger partial charge in [-0.2, -0.15) is 0 Å². The number of carboxylic acid groups (broad SMARTS) is 2. The molecule has 3 rings (SSSR count). The molecule has 0 saturated heterocycles. The summed E-state index contributed by atoms with van der Waals surface area (Å²) < 4.78 is 35.0. The van der Waals surface area contributed by atoms with Gasteiger partial charge < -0.3 is 35.3 Å². The lowest BCUT2D eigenvalue weighted by Crippen LogP contribution is -2.27. The molecule has 1 aliphatic rings. The summed E-state index contributed by atoms with van der Waals surface area (Å²) in [4.78, 5) is 22.4. The maximum atomic E-state index is 13.7. The van der Waals surface area contributed by atoms with Crippen molar-refractivity contribution in [2.45, 2.75) is 31.4 Å². The van der Waals surface area contributed by atoms with E-state index in [1.807, 2.05) is 10.8 Å². The molecule has 1 aromatic heterocycles. The highest BCUT2D eigenvalue weighted by Crippen LogP contribution is 2.33. The summed E-state index contributed by atoms with van der Waals surface area (Å²) >= 11 is 5.28. The molecule has 30 heavy (non-hydrogen) atoms. The van der Waals surface area contributed by atoms with Gasteiger partial charge in [-0.1, -0.05) is 0 Å². The first-order valence-electron chi connectivity index (χ1n) is 8.86. The van der Waals surface area contributed by atoms with E-state index in [9.17, 15) is 18.4 Å². The van der Waals surface area contributed by atoms with Gasteiger partial charge in [0.25, 0.3) is 0 Å². The number of aromatic nitrogens is 2. The number of fused-ring (bicyclic) bond motifs is 1. The van der Waals surface area contributed by atoms with Crippen molar-refractivity contribution in [3.63, 3.8) is 0 Å². The van der Waals surface area contributed by atoms with Crippen molar-refractivity contribution in [2.24, 2.45) is 5.73 Å². The van der Waals surface area contributed by atoms with Crippen LogP contribution in [0.15, 0.2) is 18.3 Å². The summed E-state index contributed by atoms with van der Waals surface area (Å²) in [5.41, 5.74) is 7.08. The topological polar surface area (TPSA) is 151 Å². The lowest BCUT2D eigenvalue weighted by molar-refractivity contribution is -0.152. The molecule has 0 amide bonds. The van der Waals surface area contributed by atoms with E-state index in [0.29, 0.717) is 36.3 Å². The molecule has 1 aromatic carbocycles. The van der Waals surface area contributed by atoms with E-state index in [0.717, 1.165) is 11.8 Å². The normalized spacial score (nSPS) is 15.9. The van der Waals surface area contributed by atoms with Gasteiger partial charge in [-0.25, -0.2) is 13.6 Å². The van der Waals surface area contributed by atoms with Crippen LogP contribution in [0.3, 0.4) is 0 Å². The number of aliphatic hydroxyl groups is 1. The number of hydrogen-bond donors (Lipinski definition) is 5. The van der Waals surface area contributed by atoms with E-state index in [-0.39, 0.29) is 11.8 Å². The molecular formula is C18H21F2N3O6S. The van der Waals surface area contributed by atoms with Crippen molar-refractivity contribution in [3.05, 3.63) is 46.0 Å². The van der Waals surface area contributed by atoms with Crippen LogP contribution in [0, 0.1) is 16.4 Å². The number of nitrogens with zero attached hydrogens (tertiary/aromatic N) is 1. The summed E-state index contributed by atoms with van der Waals surface area (Å²) in [5, 5.41) is 24.1. The molecule has 0 aliphatic carbocycles. The Balaban J connectivity index is 0.000000303. The van der Waals surface area contributed by atoms with Crippen LogP contribution in [0.5, 0.6) is 5.75 Å². The highest BCUT2D eigenvalue weighted by Gasteiger charge is 2.26. The van der Waals surface area contributed by atoms with E-state index in [2.05, 4.69) is 4.98 Å². The minimum atomic E-state index is -1.79. The molecule has 2 unspecified atom stereocenters. The monoisotopic (exact) mass is 445 g/mol. The Kier molecular flexibility index (Phi) is 8.03. The quantitative estimate of drug-likeness (QED) is 0.419. The van der Waals surface area contributed by atoms with Gasteiger partial charge in [-0.15, -0.1) is 0 Å². The van der Waals surface area contributed by atoms with E-state index in [1.165, 1.54) is 6.07 Å². The SMILES string of the molecule is NCCc1c[nH]c(=S)n1C1COc2c(F)cc(F)cc2C1.O=C(O)CC(O)C(=O)O. The summed E-state index contributed by atoms with van der Waals surface area (Å²) in [6.45, 7) is 0.791. The maximum Gasteiger partial charge on any atom is 0.333 e. The molecule has 1 aliphatic heterocycles. The van der Waals surface area contributed by atoms with Crippen molar-refractivity contribution < 1.29 is 38.4 Å². The molecule has 164 valence electrons. The number of halogens is 2. The number of benzene rings is 1. The number of nitrogens with one attached hydrogen (secondary N) is 1. The Morgan fingerprint density at radius 3 is 2.63 bits per heavy atom. The third kappa shape index (κ3) is 5.84. The molecule has 0 spiro atoms. The van der Waals surface area contributed by atoms with Gasteiger partial charge in [0.15, 0.2) is 22.4 Å². The predicted molar refractivity (Wildman–Crippen MR) is 103 cm³/mol. The second-order valence-corrected chi connectivity index (χ2v) is 6.88. The van der Waals surface area contributed by atoms with Crippen LogP contribution in [0.2, 0.25) is 0 Å². The third-order valence-corrected chi connectivity index (χ3v) is 4.58. The minimum absolute atomic E-state index is 0.0981. The van der Waals surface area contributed by atoms with Crippen molar-refractivity contribution in [3.8, 4) is 5.75 Å².